The second-order valence-corrected chi connectivity index (χ2v) is 5.62. The van der Waals surface area contributed by atoms with Gasteiger partial charge >= 0.3 is 6.01 Å². The number of hydrogen-bond acceptors (Lipinski definition) is 6. The van der Waals surface area contributed by atoms with Crippen LogP contribution in [0.25, 0.3) is 0 Å². The molecule has 0 saturated carbocycles. The van der Waals surface area contributed by atoms with Gasteiger partial charge in [0, 0.05) is 28.9 Å². The van der Waals surface area contributed by atoms with E-state index in [1.165, 1.54) is 0 Å². The number of ether oxygens (including phenoxy) is 1. The summed E-state index contributed by atoms with van der Waals surface area (Å²) in [7, 11) is -0.814. The Kier molecular flexibility index (Phi) is 6.89. The quantitative estimate of drug-likeness (QED) is 0.782. The van der Waals surface area contributed by atoms with Gasteiger partial charge in [0.1, 0.15) is 0 Å². The maximum atomic E-state index is 11.2. The fourth-order valence-electron chi connectivity index (χ4n) is 1.09. The summed E-state index contributed by atoms with van der Waals surface area (Å²) in [5.41, 5.74) is 0. The molecule has 0 aliphatic heterocycles. The van der Waals surface area contributed by atoms with E-state index >= 15 is 0 Å². The van der Waals surface area contributed by atoms with Gasteiger partial charge in [-0.05, 0) is 18.0 Å². The van der Waals surface area contributed by atoms with Crippen LogP contribution in [-0.4, -0.2) is 43.8 Å². The van der Waals surface area contributed by atoms with Crippen LogP contribution in [0.4, 0.5) is 5.95 Å². The number of anilines is 1. The Bertz CT molecular complexity index is 405. The third kappa shape index (κ3) is 5.59. The molecule has 0 saturated heterocycles. The zero-order valence-electron chi connectivity index (χ0n) is 10.5. The standard InChI is InChI=1S/C10H17ClN4O2S/c1-3-6-17-10-14-8(11)13-9(15-10)12-5-7-18(16)4-2/h3-7H2,1-2H3,(H,12,13,14,15). The fourth-order valence-corrected chi connectivity index (χ4v) is 1.86. The highest BCUT2D eigenvalue weighted by Crippen LogP contribution is 2.11. The average Bonchev–Trinajstić information content (AvgIpc) is 2.35. The molecule has 6 nitrogen and oxygen atoms in total. The molecule has 102 valence electrons. The highest BCUT2D eigenvalue weighted by Gasteiger charge is 2.06. The van der Waals surface area contributed by atoms with Gasteiger partial charge in [0.25, 0.3) is 0 Å². The number of nitrogens with one attached hydrogen (secondary N) is 1. The Labute approximate surface area is 114 Å². The van der Waals surface area contributed by atoms with Crippen LogP contribution >= 0.6 is 11.6 Å². The van der Waals surface area contributed by atoms with E-state index in [9.17, 15) is 4.21 Å². The zero-order valence-corrected chi connectivity index (χ0v) is 12.1. The minimum Gasteiger partial charge on any atom is -0.463 e. The number of halogens is 1. The molecule has 0 aliphatic carbocycles. The van der Waals surface area contributed by atoms with Gasteiger partial charge in [-0.15, -0.1) is 0 Å². The first-order valence-corrected chi connectivity index (χ1v) is 7.65. The van der Waals surface area contributed by atoms with Crippen LogP contribution in [0, 0.1) is 0 Å². The van der Waals surface area contributed by atoms with Crippen molar-refractivity contribution in [1.29, 1.82) is 0 Å². The largest absolute Gasteiger partial charge is 0.463 e. The van der Waals surface area contributed by atoms with Crippen molar-refractivity contribution < 1.29 is 8.95 Å². The number of aromatic nitrogens is 3. The summed E-state index contributed by atoms with van der Waals surface area (Å²) in [5.74, 6) is 1.53. The van der Waals surface area contributed by atoms with Crippen LogP contribution in [0.1, 0.15) is 20.3 Å². The van der Waals surface area contributed by atoms with Crippen molar-refractivity contribution in [3.05, 3.63) is 5.28 Å². The predicted molar refractivity (Wildman–Crippen MR) is 72.7 cm³/mol. The van der Waals surface area contributed by atoms with Gasteiger partial charge in [-0.2, -0.15) is 15.0 Å². The average molecular weight is 293 g/mol. The van der Waals surface area contributed by atoms with Crippen molar-refractivity contribution in [3.8, 4) is 6.01 Å². The van der Waals surface area contributed by atoms with Gasteiger partial charge in [0.2, 0.25) is 11.2 Å². The van der Waals surface area contributed by atoms with E-state index in [0.717, 1.165) is 6.42 Å². The smallest absolute Gasteiger partial charge is 0.322 e. The van der Waals surface area contributed by atoms with Crippen molar-refractivity contribution in [3.63, 3.8) is 0 Å². The Morgan fingerprint density at radius 1 is 1.33 bits per heavy atom. The fraction of sp³-hybridized carbons (Fsp3) is 0.700. The Morgan fingerprint density at radius 3 is 2.78 bits per heavy atom. The molecule has 8 heteroatoms. The van der Waals surface area contributed by atoms with Crippen molar-refractivity contribution in [1.82, 2.24) is 15.0 Å². The SMILES string of the molecule is CCCOc1nc(Cl)nc(NCCS(=O)CC)n1. The first kappa shape index (κ1) is 15.1. The van der Waals surface area contributed by atoms with Gasteiger partial charge in [0.15, 0.2) is 0 Å². The first-order valence-electron chi connectivity index (χ1n) is 5.79. The monoisotopic (exact) mass is 292 g/mol. The van der Waals surface area contributed by atoms with Crippen molar-refractivity contribution in [2.24, 2.45) is 0 Å². The van der Waals surface area contributed by atoms with E-state index in [1.54, 1.807) is 0 Å². The second kappa shape index (κ2) is 8.20. The lowest BCUT2D eigenvalue weighted by atomic mass is 10.5. The van der Waals surface area contributed by atoms with Crippen LogP contribution in [0.3, 0.4) is 0 Å². The number of nitrogens with zero attached hydrogens (tertiary/aromatic N) is 3. The molecule has 1 rings (SSSR count). The molecule has 1 aromatic heterocycles. The summed E-state index contributed by atoms with van der Waals surface area (Å²) in [4.78, 5) is 11.8. The summed E-state index contributed by atoms with van der Waals surface area (Å²) in [6, 6.07) is 0.205. The predicted octanol–water partition coefficient (Wildman–Crippen LogP) is 1.49. The van der Waals surface area contributed by atoms with Crippen LogP contribution < -0.4 is 10.1 Å². The molecule has 1 unspecified atom stereocenters. The Hall–Kier alpha value is -0.950. The van der Waals surface area contributed by atoms with E-state index in [2.05, 4.69) is 20.3 Å². The molecule has 0 radical (unpaired) electrons. The molecular formula is C10H17ClN4O2S. The molecule has 1 heterocycles. The Balaban J connectivity index is 2.54. The summed E-state index contributed by atoms with van der Waals surface area (Å²) in [5, 5.41) is 3.03. The number of hydrogen-bond donors (Lipinski definition) is 1. The van der Waals surface area contributed by atoms with Gasteiger partial charge in [-0.25, -0.2) is 0 Å². The minimum atomic E-state index is -0.814. The maximum absolute atomic E-state index is 11.2. The summed E-state index contributed by atoms with van der Waals surface area (Å²) in [6.07, 6.45) is 0.863. The number of rotatable bonds is 8. The molecular weight excluding hydrogens is 276 g/mol. The van der Waals surface area contributed by atoms with Crippen molar-refractivity contribution in [2.45, 2.75) is 20.3 Å². The van der Waals surface area contributed by atoms with E-state index in [0.29, 0.717) is 30.6 Å². The van der Waals surface area contributed by atoms with Crippen LogP contribution in [0.15, 0.2) is 0 Å². The molecule has 1 atom stereocenters. The molecule has 0 bridgehead atoms. The summed E-state index contributed by atoms with van der Waals surface area (Å²) >= 11 is 5.76. The van der Waals surface area contributed by atoms with Crippen LogP contribution in [0.5, 0.6) is 6.01 Å². The van der Waals surface area contributed by atoms with Gasteiger partial charge in [-0.3, -0.25) is 4.21 Å². The van der Waals surface area contributed by atoms with Crippen molar-refractivity contribution in [2.75, 3.05) is 30.0 Å². The van der Waals surface area contributed by atoms with E-state index in [1.807, 2.05) is 13.8 Å². The molecule has 18 heavy (non-hydrogen) atoms. The topological polar surface area (TPSA) is 77.0 Å². The lowest BCUT2D eigenvalue weighted by Gasteiger charge is -2.06. The molecule has 0 amide bonds. The molecule has 0 aromatic carbocycles. The molecule has 1 N–H and O–H groups in total. The highest BCUT2D eigenvalue weighted by molar-refractivity contribution is 7.84. The van der Waals surface area contributed by atoms with Crippen LogP contribution in [-0.2, 0) is 10.8 Å². The molecule has 0 aliphatic rings. The normalized spacial score (nSPS) is 12.2. The zero-order chi connectivity index (χ0) is 13.4. The van der Waals surface area contributed by atoms with Gasteiger partial charge < -0.3 is 10.1 Å². The summed E-state index contributed by atoms with van der Waals surface area (Å²) < 4.78 is 16.5. The molecule has 0 fully saturated rings. The lowest BCUT2D eigenvalue weighted by molar-refractivity contribution is 0.291. The van der Waals surface area contributed by atoms with E-state index < -0.39 is 10.8 Å². The summed E-state index contributed by atoms with van der Waals surface area (Å²) in [6.45, 7) is 4.92. The van der Waals surface area contributed by atoms with E-state index in [-0.39, 0.29) is 11.3 Å². The third-order valence-corrected chi connectivity index (χ3v) is 3.43. The van der Waals surface area contributed by atoms with Gasteiger partial charge in [0.05, 0.1) is 6.61 Å². The van der Waals surface area contributed by atoms with Gasteiger partial charge in [-0.1, -0.05) is 13.8 Å². The highest BCUT2D eigenvalue weighted by atomic mass is 35.5. The van der Waals surface area contributed by atoms with E-state index in [4.69, 9.17) is 16.3 Å². The second-order valence-electron chi connectivity index (χ2n) is 3.42. The van der Waals surface area contributed by atoms with Crippen LogP contribution in [0.2, 0.25) is 5.28 Å². The third-order valence-electron chi connectivity index (χ3n) is 1.96. The minimum absolute atomic E-state index is 0.0789. The Morgan fingerprint density at radius 2 is 2.11 bits per heavy atom. The molecule has 0 spiro atoms. The molecule has 1 aromatic rings. The first-order chi connectivity index (χ1) is 8.65. The maximum Gasteiger partial charge on any atom is 0.322 e. The van der Waals surface area contributed by atoms with Crippen molar-refractivity contribution >= 4 is 28.3 Å². The lowest BCUT2D eigenvalue weighted by Crippen LogP contribution is -2.14.